The number of aryl methyl sites for hydroxylation is 2. The Kier molecular flexibility index (Phi) is 3.84. The number of rotatable bonds is 4. The van der Waals surface area contributed by atoms with Gasteiger partial charge in [0.15, 0.2) is 0 Å². The van der Waals surface area contributed by atoms with E-state index in [9.17, 15) is 0 Å². The molecule has 1 unspecified atom stereocenters. The van der Waals surface area contributed by atoms with Crippen molar-refractivity contribution < 1.29 is 4.84 Å². The highest BCUT2D eigenvalue weighted by Gasteiger charge is 2.20. The number of hydroxylamine groups is 1. The SMILES string of the molecule is Cc1nn(C)c(C)c1C(C)NOC1CCCC1. The zero-order valence-corrected chi connectivity index (χ0v) is 11.3. The average molecular weight is 237 g/mol. The fraction of sp³-hybridized carbons (Fsp3) is 0.769. The normalized spacial score (nSPS) is 18.8. The lowest BCUT2D eigenvalue weighted by molar-refractivity contribution is -0.0378. The Bertz CT molecular complexity index is 380. The van der Waals surface area contributed by atoms with Crippen LogP contribution in [-0.2, 0) is 11.9 Å². The molecule has 1 aliphatic carbocycles. The Morgan fingerprint density at radius 2 is 2.00 bits per heavy atom. The van der Waals surface area contributed by atoms with Crippen LogP contribution in [0.2, 0.25) is 0 Å². The lowest BCUT2D eigenvalue weighted by Gasteiger charge is -2.18. The summed E-state index contributed by atoms with van der Waals surface area (Å²) in [5.41, 5.74) is 6.73. The monoisotopic (exact) mass is 237 g/mol. The first-order valence-electron chi connectivity index (χ1n) is 6.51. The third-order valence-corrected chi connectivity index (χ3v) is 3.71. The van der Waals surface area contributed by atoms with Crippen LogP contribution in [0, 0.1) is 13.8 Å². The molecule has 1 heterocycles. The van der Waals surface area contributed by atoms with Crippen molar-refractivity contribution >= 4 is 0 Å². The minimum atomic E-state index is 0.198. The van der Waals surface area contributed by atoms with Crippen molar-refractivity contribution in [2.24, 2.45) is 7.05 Å². The minimum Gasteiger partial charge on any atom is -0.298 e. The van der Waals surface area contributed by atoms with Gasteiger partial charge in [-0.2, -0.15) is 10.6 Å². The maximum atomic E-state index is 5.75. The molecule has 1 aliphatic rings. The van der Waals surface area contributed by atoms with E-state index in [0.717, 1.165) is 5.69 Å². The highest BCUT2D eigenvalue weighted by atomic mass is 16.7. The molecule has 17 heavy (non-hydrogen) atoms. The molecule has 96 valence electrons. The van der Waals surface area contributed by atoms with E-state index in [2.05, 4.69) is 31.3 Å². The van der Waals surface area contributed by atoms with Crippen LogP contribution in [0.15, 0.2) is 0 Å². The van der Waals surface area contributed by atoms with Gasteiger partial charge in [-0.05, 0) is 33.6 Å². The van der Waals surface area contributed by atoms with Gasteiger partial charge >= 0.3 is 0 Å². The number of hydrogen-bond donors (Lipinski definition) is 1. The van der Waals surface area contributed by atoms with E-state index < -0.39 is 0 Å². The fourth-order valence-corrected chi connectivity index (χ4v) is 2.68. The quantitative estimate of drug-likeness (QED) is 0.818. The Labute approximate surface area is 103 Å². The van der Waals surface area contributed by atoms with Gasteiger partial charge in [0.1, 0.15) is 0 Å². The lowest BCUT2D eigenvalue weighted by Crippen LogP contribution is -2.25. The zero-order valence-electron chi connectivity index (χ0n) is 11.3. The van der Waals surface area contributed by atoms with Crippen molar-refractivity contribution in [3.8, 4) is 0 Å². The summed E-state index contributed by atoms with van der Waals surface area (Å²) >= 11 is 0. The molecular weight excluding hydrogens is 214 g/mol. The Hall–Kier alpha value is -0.870. The van der Waals surface area contributed by atoms with Gasteiger partial charge in [-0.1, -0.05) is 12.8 Å². The Balaban J connectivity index is 1.96. The average Bonchev–Trinajstić information content (AvgIpc) is 2.86. The van der Waals surface area contributed by atoms with Gasteiger partial charge in [0.2, 0.25) is 0 Å². The van der Waals surface area contributed by atoms with Crippen LogP contribution in [-0.4, -0.2) is 15.9 Å². The van der Waals surface area contributed by atoms with Crippen LogP contribution >= 0.6 is 0 Å². The standard InChI is InChI=1S/C13H23N3O/c1-9-13(11(3)16(4)14-9)10(2)15-17-12-7-5-6-8-12/h10,12,15H,5-8H2,1-4H3. The first-order valence-corrected chi connectivity index (χ1v) is 6.51. The molecule has 0 bridgehead atoms. The fourth-order valence-electron chi connectivity index (χ4n) is 2.68. The molecule has 0 aromatic carbocycles. The van der Waals surface area contributed by atoms with E-state index in [0.29, 0.717) is 6.10 Å². The van der Waals surface area contributed by atoms with E-state index >= 15 is 0 Å². The zero-order chi connectivity index (χ0) is 12.4. The van der Waals surface area contributed by atoms with Crippen LogP contribution in [0.1, 0.15) is 55.6 Å². The predicted octanol–water partition coefficient (Wildman–Crippen LogP) is 2.56. The second kappa shape index (κ2) is 5.19. The summed E-state index contributed by atoms with van der Waals surface area (Å²) in [4.78, 5) is 5.75. The summed E-state index contributed by atoms with van der Waals surface area (Å²) in [6.45, 7) is 6.28. The van der Waals surface area contributed by atoms with Crippen molar-refractivity contribution in [2.45, 2.75) is 58.6 Å². The van der Waals surface area contributed by atoms with Gasteiger partial charge in [-0.25, -0.2) is 0 Å². The number of nitrogens with zero attached hydrogens (tertiary/aromatic N) is 2. The highest BCUT2D eigenvalue weighted by Crippen LogP contribution is 2.23. The Morgan fingerprint density at radius 1 is 1.35 bits per heavy atom. The van der Waals surface area contributed by atoms with E-state index in [1.807, 2.05) is 11.7 Å². The first-order chi connectivity index (χ1) is 8.09. The van der Waals surface area contributed by atoms with Crippen LogP contribution in [0.4, 0.5) is 0 Å². The van der Waals surface area contributed by atoms with Crippen molar-refractivity contribution in [1.82, 2.24) is 15.3 Å². The third-order valence-electron chi connectivity index (χ3n) is 3.71. The molecule has 4 heteroatoms. The summed E-state index contributed by atoms with van der Waals surface area (Å²) in [7, 11) is 1.98. The maximum absolute atomic E-state index is 5.75. The van der Waals surface area contributed by atoms with Crippen LogP contribution in [0.25, 0.3) is 0 Å². The van der Waals surface area contributed by atoms with Crippen molar-refractivity contribution in [3.63, 3.8) is 0 Å². The predicted molar refractivity (Wildman–Crippen MR) is 67.6 cm³/mol. The molecule has 0 saturated heterocycles. The number of aromatic nitrogens is 2. The van der Waals surface area contributed by atoms with E-state index in [4.69, 9.17) is 4.84 Å². The number of nitrogens with one attached hydrogen (secondary N) is 1. The molecule has 4 nitrogen and oxygen atoms in total. The molecule has 1 aromatic heterocycles. The van der Waals surface area contributed by atoms with Crippen molar-refractivity contribution in [3.05, 3.63) is 17.0 Å². The van der Waals surface area contributed by atoms with Gasteiger partial charge in [0, 0.05) is 18.3 Å². The molecule has 1 fully saturated rings. The summed E-state index contributed by atoms with van der Waals surface area (Å²) < 4.78 is 1.93. The van der Waals surface area contributed by atoms with Gasteiger partial charge in [0.05, 0.1) is 17.8 Å². The summed E-state index contributed by atoms with van der Waals surface area (Å²) in [5, 5.41) is 4.43. The van der Waals surface area contributed by atoms with Crippen molar-refractivity contribution in [2.75, 3.05) is 0 Å². The molecule has 2 rings (SSSR count). The molecular formula is C13H23N3O. The third kappa shape index (κ3) is 2.69. The van der Waals surface area contributed by atoms with E-state index in [-0.39, 0.29) is 6.04 Å². The summed E-state index contributed by atoms with van der Waals surface area (Å²) in [6, 6.07) is 0.198. The molecule has 0 radical (unpaired) electrons. The summed E-state index contributed by atoms with van der Waals surface area (Å²) in [5.74, 6) is 0. The van der Waals surface area contributed by atoms with Gasteiger partial charge in [0.25, 0.3) is 0 Å². The maximum Gasteiger partial charge on any atom is 0.0790 e. The Morgan fingerprint density at radius 3 is 2.53 bits per heavy atom. The molecule has 1 atom stereocenters. The topological polar surface area (TPSA) is 39.1 Å². The second-order valence-corrected chi connectivity index (χ2v) is 5.07. The molecule has 1 saturated carbocycles. The molecule has 0 aliphatic heterocycles. The smallest absolute Gasteiger partial charge is 0.0790 e. The largest absolute Gasteiger partial charge is 0.298 e. The minimum absolute atomic E-state index is 0.198. The molecule has 1 aromatic rings. The van der Waals surface area contributed by atoms with Crippen LogP contribution < -0.4 is 5.48 Å². The van der Waals surface area contributed by atoms with Gasteiger partial charge in [-0.15, -0.1) is 0 Å². The van der Waals surface area contributed by atoms with Crippen LogP contribution in [0.3, 0.4) is 0 Å². The first kappa shape index (κ1) is 12.6. The highest BCUT2D eigenvalue weighted by molar-refractivity contribution is 5.27. The number of hydrogen-bond acceptors (Lipinski definition) is 3. The van der Waals surface area contributed by atoms with Gasteiger partial charge in [-0.3, -0.25) is 9.52 Å². The molecule has 1 N–H and O–H groups in total. The second-order valence-electron chi connectivity index (χ2n) is 5.07. The van der Waals surface area contributed by atoms with Crippen LogP contribution in [0.5, 0.6) is 0 Å². The van der Waals surface area contributed by atoms with E-state index in [1.165, 1.54) is 36.9 Å². The molecule has 0 amide bonds. The summed E-state index contributed by atoms with van der Waals surface area (Å²) in [6.07, 6.45) is 5.36. The van der Waals surface area contributed by atoms with E-state index in [1.54, 1.807) is 0 Å². The lowest BCUT2D eigenvalue weighted by atomic mass is 10.1. The van der Waals surface area contributed by atoms with Gasteiger partial charge < -0.3 is 0 Å². The van der Waals surface area contributed by atoms with Crippen molar-refractivity contribution in [1.29, 1.82) is 0 Å². The molecule has 0 spiro atoms.